The van der Waals surface area contributed by atoms with Gasteiger partial charge in [-0.15, -0.1) is 0 Å². The smallest absolute Gasteiger partial charge is 0.376 e. The van der Waals surface area contributed by atoms with Crippen LogP contribution in [0.1, 0.15) is 21.9 Å². The van der Waals surface area contributed by atoms with E-state index in [0.717, 1.165) is 5.56 Å². The quantitative estimate of drug-likeness (QED) is 0.850. The van der Waals surface area contributed by atoms with Crippen LogP contribution in [0.4, 0.5) is 5.82 Å². The molecule has 19 heavy (non-hydrogen) atoms. The van der Waals surface area contributed by atoms with E-state index in [1.54, 1.807) is 6.07 Å². The summed E-state index contributed by atoms with van der Waals surface area (Å²) < 4.78 is 4.62. The number of hydrogen-bond acceptors (Lipinski definition) is 5. The van der Waals surface area contributed by atoms with Crippen LogP contribution in [0.3, 0.4) is 0 Å². The lowest BCUT2D eigenvalue weighted by Gasteiger charge is -2.07. The summed E-state index contributed by atoms with van der Waals surface area (Å²) in [5.74, 6) is 0.140. The molecule has 0 radical (unpaired) electrons. The van der Waals surface area contributed by atoms with E-state index in [-0.39, 0.29) is 5.82 Å². The fourth-order valence-electron chi connectivity index (χ4n) is 1.63. The van der Waals surface area contributed by atoms with E-state index in [2.05, 4.69) is 20.0 Å². The molecule has 0 saturated carbocycles. The fraction of sp³-hybridized carbons (Fsp3) is 0.214. The van der Waals surface area contributed by atoms with E-state index in [0.29, 0.717) is 18.1 Å². The van der Waals surface area contributed by atoms with Gasteiger partial charge in [-0.1, -0.05) is 30.3 Å². The van der Waals surface area contributed by atoms with Gasteiger partial charge in [-0.3, -0.25) is 0 Å². The number of ether oxygens (including phenoxy) is 1. The number of hydrogen-bond donors (Lipinski definition) is 1. The molecule has 0 amide bonds. The van der Waals surface area contributed by atoms with E-state index in [4.69, 9.17) is 0 Å². The van der Waals surface area contributed by atoms with E-state index in [1.165, 1.54) is 7.11 Å². The number of esters is 1. The highest BCUT2D eigenvalue weighted by Gasteiger charge is 2.11. The van der Waals surface area contributed by atoms with Gasteiger partial charge in [0.05, 0.1) is 7.11 Å². The lowest BCUT2D eigenvalue weighted by atomic mass is 10.2. The van der Waals surface area contributed by atoms with Gasteiger partial charge in [-0.05, 0) is 12.5 Å². The molecule has 0 spiro atoms. The molecule has 0 unspecified atom stereocenters. The molecule has 1 aromatic carbocycles. The molecular weight excluding hydrogens is 242 g/mol. The lowest BCUT2D eigenvalue weighted by Crippen LogP contribution is -2.11. The first-order valence-corrected chi connectivity index (χ1v) is 5.91. The van der Waals surface area contributed by atoms with Crippen LogP contribution in [0, 0.1) is 6.92 Å². The Labute approximate surface area is 111 Å². The number of nitrogens with one attached hydrogen (secondary N) is 1. The number of benzene rings is 1. The number of rotatable bonds is 4. The molecule has 0 aliphatic carbocycles. The topological polar surface area (TPSA) is 64.1 Å². The summed E-state index contributed by atoms with van der Waals surface area (Å²) in [6, 6.07) is 11.7. The lowest BCUT2D eigenvalue weighted by molar-refractivity contribution is 0.0586. The van der Waals surface area contributed by atoms with Crippen LogP contribution < -0.4 is 5.32 Å². The predicted octanol–water partition coefficient (Wildman–Crippen LogP) is 2.18. The first-order valence-electron chi connectivity index (χ1n) is 5.91. The van der Waals surface area contributed by atoms with Gasteiger partial charge in [0.25, 0.3) is 0 Å². The SMILES string of the molecule is COC(=O)c1nc(C)cc(NCc2ccccc2)n1. The molecule has 2 rings (SSSR count). The Bertz CT molecular complexity index is 570. The van der Waals surface area contributed by atoms with Crippen LogP contribution in [0.15, 0.2) is 36.4 Å². The Morgan fingerprint density at radius 2 is 2.00 bits per heavy atom. The maximum absolute atomic E-state index is 11.4. The standard InChI is InChI=1S/C14H15N3O2/c1-10-8-12(17-13(16-10)14(18)19-2)15-9-11-6-4-3-5-7-11/h3-8H,9H2,1-2H3,(H,15,16,17). The zero-order valence-corrected chi connectivity index (χ0v) is 10.9. The van der Waals surface area contributed by atoms with Crippen molar-refractivity contribution >= 4 is 11.8 Å². The number of aromatic nitrogens is 2. The Balaban J connectivity index is 2.12. The molecular formula is C14H15N3O2. The van der Waals surface area contributed by atoms with Crippen LogP contribution in [0.2, 0.25) is 0 Å². The summed E-state index contributed by atoms with van der Waals surface area (Å²) in [5.41, 5.74) is 1.85. The van der Waals surface area contributed by atoms with Crippen molar-refractivity contribution in [3.05, 3.63) is 53.5 Å². The molecule has 1 N–H and O–H groups in total. The van der Waals surface area contributed by atoms with Crippen molar-refractivity contribution in [3.8, 4) is 0 Å². The normalized spacial score (nSPS) is 10.0. The third-order valence-corrected chi connectivity index (χ3v) is 2.54. The summed E-state index contributed by atoms with van der Waals surface area (Å²) >= 11 is 0. The minimum absolute atomic E-state index is 0.0676. The van der Waals surface area contributed by atoms with Crippen LogP contribution in [0.25, 0.3) is 0 Å². The van der Waals surface area contributed by atoms with E-state index < -0.39 is 5.97 Å². The molecule has 98 valence electrons. The summed E-state index contributed by atoms with van der Waals surface area (Å²) in [4.78, 5) is 19.6. The average Bonchev–Trinajstić information content (AvgIpc) is 2.45. The van der Waals surface area contributed by atoms with Crippen LogP contribution in [-0.4, -0.2) is 23.0 Å². The second-order valence-corrected chi connectivity index (χ2v) is 4.05. The Morgan fingerprint density at radius 1 is 1.26 bits per heavy atom. The maximum atomic E-state index is 11.4. The molecule has 0 fully saturated rings. The van der Waals surface area contributed by atoms with Gasteiger partial charge in [0.1, 0.15) is 5.82 Å². The minimum Gasteiger partial charge on any atom is -0.463 e. The Hall–Kier alpha value is -2.43. The van der Waals surface area contributed by atoms with Crippen molar-refractivity contribution in [2.45, 2.75) is 13.5 Å². The van der Waals surface area contributed by atoms with Gasteiger partial charge in [0, 0.05) is 18.3 Å². The van der Waals surface area contributed by atoms with Crippen molar-refractivity contribution in [2.75, 3.05) is 12.4 Å². The van der Waals surface area contributed by atoms with Crippen molar-refractivity contribution in [1.29, 1.82) is 0 Å². The molecule has 0 saturated heterocycles. The summed E-state index contributed by atoms with van der Waals surface area (Å²) in [5, 5.41) is 3.16. The second-order valence-electron chi connectivity index (χ2n) is 4.05. The molecule has 1 heterocycles. The number of carbonyl (C=O) groups is 1. The predicted molar refractivity (Wildman–Crippen MR) is 71.9 cm³/mol. The van der Waals surface area contributed by atoms with E-state index in [9.17, 15) is 4.79 Å². The maximum Gasteiger partial charge on any atom is 0.376 e. The molecule has 0 aliphatic heterocycles. The third kappa shape index (κ3) is 3.51. The van der Waals surface area contributed by atoms with Gasteiger partial charge >= 0.3 is 5.97 Å². The molecule has 2 aromatic rings. The van der Waals surface area contributed by atoms with Gasteiger partial charge in [0.15, 0.2) is 0 Å². The van der Waals surface area contributed by atoms with Gasteiger partial charge in [-0.2, -0.15) is 0 Å². The highest BCUT2D eigenvalue weighted by Crippen LogP contribution is 2.09. The number of nitrogens with zero attached hydrogens (tertiary/aromatic N) is 2. The minimum atomic E-state index is -0.536. The first-order chi connectivity index (χ1) is 9.19. The molecule has 1 aromatic heterocycles. The number of anilines is 1. The van der Waals surface area contributed by atoms with Crippen molar-refractivity contribution < 1.29 is 9.53 Å². The monoisotopic (exact) mass is 257 g/mol. The van der Waals surface area contributed by atoms with Gasteiger partial charge < -0.3 is 10.1 Å². The first kappa shape index (κ1) is 13.0. The van der Waals surface area contributed by atoms with Crippen molar-refractivity contribution in [2.24, 2.45) is 0 Å². The summed E-state index contributed by atoms with van der Waals surface area (Å²) in [6.45, 7) is 2.44. The van der Waals surface area contributed by atoms with Crippen LogP contribution in [0.5, 0.6) is 0 Å². The van der Waals surface area contributed by atoms with Crippen molar-refractivity contribution in [3.63, 3.8) is 0 Å². The zero-order chi connectivity index (χ0) is 13.7. The van der Waals surface area contributed by atoms with Crippen LogP contribution >= 0.6 is 0 Å². The summed E-state index contributed by atoms with van der Waals surface area (Å²) in [7, 11) is 1.31. The van der Waals surface area contributed by atoms with E-state index >= 15 is 0 Å². The van der Waals surface area contributed by atoms with Crippen LogP contribution in [-0.2, 0) is 11.3 Å². The zero-order valence-electron chi connectivity index (χ0n) is 10.9. The largest absolute Gasteiger partial charge is 0.463 e. The Kier molecular flexibility index (Phi) is 4.07. The molecule has 0 atom stereocenters. The highest BCUT2D eigenvalue weighted by atomic mass is 16.5. The molecule has 0 aliphatic rings. The van der Waals surface area contributed by atoms with E-state index in [1.807, 2.05) is 37.3 Å². The van der Waals surface area contributed by atoms with Gasteiger partial charge in [0.2, 0.25) is 5.82 Å². The van der Waals surface area contributed by atoms with Crippen molar-refractivity contribution in [1.82, 2.24) is 9.97 Å². The summed E-state index contributed by atoms with van der Waals surface area (Å²) in [6.07, 6.45) is 0. The Morgan fingerprint density at radius 3 is 2.68 bits per heavy atom. The number of methoxy groups -OCH3 is 1. The molecule has 5 nitrogen and oxygen atoms in total. The average molecular weight is 257 g/mol. The van der Waals surface area contributed by atoms with Gasteiger partial charge in [-0.25, -0.2) is 14.8 Å². The molecule has 5 heteroatoms. The highest BCUT2D eigenvalue weighted by molar-refractivity contribution is 5.85. The fourth-order valence-corrected chi connectivity index (χ4v) is 1.63. The second kappa shape index (κ2) is 5.95. The number of aryl methyl sites for hydroxylation is 1. The third-order valence-electron chi connectivity index (χ3n) is 2.54. The molecule has 0 bridgehead atoms. The number of carbonyl (C=O) groups excluding carboxylic acids is 1.